The fourth-order valence-electron chi connectivity index (χ4n) is 1.58. The first-order chi connectivity index (χ1) is 7.49. The number of nitrogens with one attached hydrogen (secondary N) is 1. The van der Waals surface area contributed by atoms with Crippen LogP contribution in [-0.2, 0) is 0 Å². The van der Waals surface area contributed by atoms with E-state index in [0.717, 1.165) is 12.0 Å². The van der Waals surface area contributed by atoms with Crippen LogP contribution in [0.4, 0.5) is 11.5 Å². The molecule has 1 unspecified atom stereocenters. The molecule has 1 rings (SSSR count). The van der Waals surface area contributed by atoms with Gasteiger partial charge in [0.2, 0.25) is 0 Å². The minimum Gasteiger partial charge on any atom is -0.396 e. The van der Waals surface area contributed by atoms with Gasteiger partial charge in [-0.05, 0) is 30.9 Å². The van der Waals surface area contributed by atoms with E-state index in [1.54, 1.807) is 6.20 Å². The third kappa shape index (κ3) is 4.06. The van der Waals surface area contributed by atoms with Crippen LogP contribution >= 0.6 is 0 Å². The van der Waals surface area contributed by atoms with Crippen molar-refractivity contribution < 1.29 is 5.11 Å². The van der Waals surface area contributed by atoms with Crippen molar-refractivity contribution in [3.63, 3.8) is 0 Å². The van der Waals surface area contributed by atoms with Gasteiger partial charge < -0.3 is 16.2 Å². The van der Waals surface area contributed by atoms with E-state index in [4.69, 9.17) is 5.73 Å². The molecule has 0 fully saturated rings. The van der Waals surface area contributed by atoms with Gasteiger partial charge in [-0.2, -0.15) is 0 Å². The number of aryl methyl sites for hydroxylation is 1. The molecule has 0 bridgehead atoms. The van der Waals surface area contributed by atoms with Crippen molar-refractivity contribution in [2.75, 3.05) is 17.6 Å². The molecule has 0 aliphatic rings. The number of rotatable bonds is 5. The van der Waals surface area contributed by atoms with Gasteiger partial charge in [0.15, 0.2) is 0 Å². The monoisotopic (exact) mass is 223 g/mol. The Kier molecular flexibility index (Phi) is 4.55. The molecule has 16 heavy (non-hydrogen) atoms. The average Bonchev–Trinajstić information content (AvgIpc) is 2.15. The van der Waals surface area contributed by atoms with Crippen LogP contribution in [0, 0.1) is 12.8 Å². The van der Waals surface area contributed by atoms with Crippen molar-refractivity contribution in [2.24, 2.45) is 5.92 Å². The van der Waals surface area contributed by atoms with Gasteiger partial charge in [0.05, 0.1) is 11.8 Å². The van der Waals surface area contributed by atoms with Gasteiger partial charge in [-0.3, -0.25) is 0 Å². The molecule has 1 aromatic heterocycles. The lowest BCUT2D eigenvalue weighted by atomic mass is 10.1. The minimum atomic E-state index is -0.359. The standard InChI is InChI=1S/C12H21N3O/c1-8(2)4-10(16)7-15-12-11(13)5-9(3)6-14-12/h5-6,8,10,16H,4,7,13H2,1-3H3,(H,14,15). The van der Waals surface area contributed by atoms with Gasteiger partial charge in [-0.1, -0.05) is 13.8 Å². The maximum atomic E-state index is 9.70. The predicted molar refractivity (Wildman–Crippen MR) is 67.3 cm³/mol. The number of pyridine rings is 1. The summed E-state index contributed by atoms with van der Waals surface area (Å²) in [5.41, 5.74) is 7.46. The molecule has 0 saturated carbocycles. The first-order valence-corrected chi connectivity index (χ1v) is 5.63. The quantitative estimate of drug-likeness (QED) is 0.711. The number of hydrogen-bond acceptors (Lipinski definition) is 4. The lowest BCUT2D eigenvalue weighted by Gasteiger charge is -2.15. The molecule has 0 radical (unpaired) electrons. The smallest absolute Gasteiger partial charge is 0.149 e. The fraction of sp³-hybridized carbons (Fsp3) is 0.583. The molecule has 0 aromatic carbocycles. The molecule has 0 aliphatic heterocycles. The number of anilines is 2. The molecule has 1 heterocycles. The van der Waals surface area contributed by atoms with E-state index in [1.165, 1.54) is 0 Å². The van der Waals surface area contributed by atoms with E-state index in [0.29, 0.717) is 24.0 Å². The van der Waals surface area contributed by atoms with Crippen LogP contribution in [0.25, 0.3) is 0 Å². The van der Waals surface area contributed by atoms with Gasteiger partial charge in [-0.15, -0.1) is 0 Å². The van der Waals surface area contributed by atoms with Crippen molar-refractivity contribution in [3.05, 3.63) is 17.8 Å². The van der Waals surface area contributed by atoms with E-state index in [-0.39, 0.29) is 6.10 Å². The third-order valence-corrected chi connectivity index (χ3v) is 2.30. The maximum absolute atomic E-state index is 9.70. The van der Waals surface area contributed by atoms with Gasteiger partial charge in [0.1, 0.15) is 5.82 Å². The van der Waals surface area contributed by atoms with Gasteiger partial charge in [0.25, 0.3) is 0 Å². The summed E-state index contributed by atoms with van der Waals surface area (Å²) >= 11 is 0. The van der Waals surface area contributed by atoms with E-state index in [2.05, 4.69) is 24.1 Å². The summed E-state index contributed by atoms with van der Waals surface area (Å²) in [4.78, 5) is 4.18. The van der Waals surface area contributed by atoms with Crippen LogP contribution in [0.2, 0.25) is 0 Å². The Morgan fingerprint density at radius 3 is 2.75 bits per heavy atom. The van der Waals surface area contributed by atoms with Crippen molar-refractivity contribution in [1.29, 1.82) is 0 Å². The highest BCUT2D eigenvalue weighted by Crippen LogP contribution is 2.16. The summed E-state index contributed by atoms with van der Waals surface area (Å²) in [6.45, 7) is 6.60. The first-order valence-electron chi connectivity index (χ1n) is 5.63. The number of nitrogens with two attached hydrogens (primary N) is 1. The first kappa shape index (κ1) is 12.8. The Labute approximate surface area is 96.9 Å². The van der Waals surface area contributed by atoms with E-state index < -0.39 is 0 Å². The molecule has 0 aliphatic carbocycles. The van der Waals surface area contributed by atoms with Gasteiger partial charge >= 0.3 is 0 Å². The van der Waals surface area contributed by atoms with Crippen molar-refractivity contribution >= 4 is 11.5 Å². The predicted octanol–water partition coefficient (Wildman–Crippen LogP) is 1.79. The lowest BCUT2D eigenvalue weighted by Crippen LogP contribution is -2.22. The summed E-state index contributed by atoms with van der Waals surface area (Å²) in [5.74, 6) is 1.13. The molecule has 4 heteroatoms. The normalized spacial score (nSPS) is 12.8. The topological polar surface area (TPSA) is 71.2 Å². The molecule has 0 spiro atoms. The van der Waals surface area contributed by atoms with E-state index in [1.807, 2.05) is 13.0 Å². The summed E-state index contributed by atoms with van der Waals surface area (Å²) < 4.78 is 0. The van der Waals surface area contributed by atoms with E-state index >= 15 is 0 Å². The van der Waals surface area contributed by atoms with Gasteiger partial charge in [0, 0.05) is 12.7 Å². The Bertz CT molecular complexity index is 339. The molecule has 1 aromatic rings. The molecule has 4 nitrogen and oxygen atoms in total. The second-order valence-corrected chi connectivity index (χ2v) is 4.61. The van der Waals surface area contributed by atoms with Crippen LogP contribution in [0.15, 0.2) is 12.3 Å². The average molecular weight is 223 g/mol. The number of aliphatic hydroxyl groups excluding tert-OH is 1. The molecular formula is C12H21N3O. The highest BCUT2D eigenvalue weighted by Gasteiger charge is 2.08. The zero-order chi connectivity index (χ0) is 12.1. The van der Waals surface area contributed by atoms with Crippen molar-refractivity contribution in [2.45, 2.75) is 33.3 Å². The van der Waals surface area contributed by atoms with Crippen LogP contribution in [0.3, 0.4) is 0 Å². The van der Waals surface area contributed by atoms with Crippen LogP contribution in [0.5, 0.6) is 0 Å². The molecule has 90 valence electrons. The largest absolute Gasteiger partial charge is 0.396 e. The second-order valence-electron chi connectivity index (χ2n) is 4.61. The lowest BCUT2D eigenvalue weighted by molar-refractivity contribution is 0.161. The number of nitrogens with zero attached hydrogens (tertiary/aromatic N) is 1. The zero-order valence-electron chi connectivity index (χ0n) is 10.2. The van der Waals surface area contributed by atoms with Crippen molar-refractivity contribution in [3.8, 4) is 0 Å². The Balaban J connectivity index is 2.48. The Morgan fingerprint density at radius 1 is 1.50 bits per heavy atom. The molecular weight excluding hydrogens is 202 g/mol. The Morgan fingerprint density at radius 2 is 2.19 bits per heavy atom. The zero-order valence-corrected chi connectivity index (χ0v) is 10.2. The second kappa shape index (κ2) is 5.70. The van der Waals surface area contributed by atoms with Crippen LogP contribution < -0.4 is 11.1 Å². The minimum absolute atomic E-state index is 0.359. The third-order valence-electron chi connectivity index (χ3n) is 2.30. The maximum Gasteiger partial charge on any atom is 0.149 e. The van der Waals surface area contributed by atoms with Crippen LogP contribution in [-0.4, -0.2) is 22.7 Å². The number of aliphatic hydroxyl groups is 1. The molecule has 0 amide bonds. The molecule has 4 N–H and O–H groups in total. The summed E-state index contributed by atoms with van der Waals surface area (Å²) in [6.07, 6.45) is 2.18. The summed E-state index contributed by atoms with van der Waals surface area (Å²) in [7, 11) is 0. The number of aromatic nitrogens is 1. The summed E-state index contributed by atoms with van der Waals surface area (Å²) in [5, 5.41) is 12.8. The number of nitrogen functional groups attached to an aromatic ring is 1. The van der Waals surface area contributed by atoms with Gasteiger partial charge in [-0.25, -0.2) is 4.98 Å². The van der Waals surface area contributed by atoms with Crippen LogP contribution in [0.1, 0.15) is 25.8 Å². The highest BCUT2D eigenvalue weighted by molar-refractivity contribution is 5.61. The highest BCUT2D eigenvalue weighted by atomic mass is 16.3. The SMILES string of the molecule is Cc1cnc(NCC(O)CC(C)C)c(N)c1. The molecule has 1 atom stereocenters. The fourth-order valence-corrected chi connectivity index (χ4v) is 1.58. The van der Waals surface area contributed by atoms with E-state index in [9.17, 15) is 5.11 Å². The van der Waals surface area contributed by atoms with Crippen molar-refractivity contribution in [1.82, 2.24) is 4.98 Å². The number of hydrogen-bond donors (Lipinski definition) is 3. The molecule has 0 saturated heterocycles. The summed E-state index contributed by atoms with van der Waals surface area (Å²) in [6, 6.07) is 1.87. The Hall–Kier alpha value is -1.29.